The lowest BCUT2D eigenvalue weighted by Gasteiger charge is -2.30. The summed E-state index contributed by atoms with van der Waals surface area (Å²) >= 11 is 0. The molecule has 21 heavy (non-hydrogen) atoms. The van der Waals surface area contributed by atoms with Gasteiger partial charge in [-0.25, -0.2) is 8.42 Å². The van der Waals surface area contributed by atoms with Crippen molar-refractivity contribution in [2.75, 3.05) is 0 Å². The van der Waals surface area contributed by atoms with Crippen molar-refractivity contribution in [2.45, 2.75) is 61.9 Å². The van der Waals surface area contributed by atoms with E-state index < -0.39 is 10.0 Å². The maximum atomic E-state index is 13.0. The molecule has 1 aromatic rings. The molecule has 4 heteroatoms. The van der Waals surface area contributed by atoms with Gasteiger partial charge in [-0.1, -0.05) is 18.2 Å². The van der Waals surface area contributed by atoms with Gasteiger partial charge in [0.05, 0.1) is 4.90 Å². The first-order valence-electron chi connectivity index (χ1n) is 7.98. The topological polar surface area (TPSA) is 37.4 Å². The van der Waals surface area contributed by atoms with Crippen LogP contribution in [0.4, 0.5) is 0 Å². The van der Waals surface area contributed by atoms with Gasteiger partial charge in [0.25, 0.3) is 0 Å². The molecule has 0 saturated carbocycles. The molecule has 4 rings (SSSR count). The van der Waals surface area contributed by atoms with Crippen molar-refractivity contribution in [1.82, 2.24) is 4.31 Å². The Labute approximate surface area is 126 Å². The first-order chi connectivity index (χ1) is 10.2. The first-order valence-corrected chi connectivity index (χ1v) is 9.42. The molecule has 2 heterocycles. The van der Waals surface area contributed by atoms with Gasteiger partial charge in [0.1, 0.15) is 0 Å². The number of rotatable bonds is 2. The summed E-state index contributed by atoms with van der Waals surface area (Å²) in [5.74, 6) is 0. The third kappa shape index (κ3) is 2.16. The van der Waals surface area contributed by atoms with E-state index in [2.05, 4.69) is 12.2 Å². The maximum absolute atomic E-state index is 13.0. The molecule has 3 nitrogen and oxygen atoms in total. The highest BCUT2D eigenvalue weighted by molar-refractivity contribution is 7.89. The highest BCUT2D eigenvalue weighted by atomic mass is 32.2. The van der Waals surface area contributed by atoms with Crippen LogP contribution in [0.2, 0.25) is 0 Å². The summed E-state index contributed by atoms with van der Waals surface area (Å²) in [6, 6.07) is 6.02. The van der Waals surface area contributed by atoms with Crippen molar-refractivity contribution in [3.05, 3.63) is 41.5 Å². The highest BCUT2D eigenvalue weighted by Crippen LogP contribution is 2.37. The Morgan fingerprint density at radius 3 is 2.67 bits per heavy atom. The van der Waals surface area contributed by atoms with Gasteiger partial charge >= 0.3 is 0 Å². The Morgan fingerprint density at radius 1 is 1.05 bits per heavy atom. The molecule has 2 bridgehead atoms. The van der Waals surface area contributed by atoms with E-state index in [1.54, 1.807) is 4.31 Å². The lowest BCUT2D eigenvalue weighted by molar-refractivity contribution is 0.341. The van der Waals surface area contributed by atoms with Crippen LogP contribution in [0.15, 0.2) is 35.2 Å². The van der Waals surface area contributed by atoms with Gasteiger partial charge in [-0.3, -0.25) is 0 Å². The van der Waals surface area contributed by atoms with E-state index >= 15 is 0 Å². The van der Waals surface area contributed by atoms with Gasteiger partial charge in [-0.15, -0.1) is 0 Å². The molecule has 1 aliphatic carbocycles. The van der Waals surface area contributed by atoms with Crippen LogP contribution in [0, 0.1) is 0 Å². The molecule has 2 atom stereocenters. The molecule has 1 aromatic carbocycles. The van der Waals surface area contributed by atoms with Crippen molar-refractivity contribution in [2.24, 2.45) is 0 Å². The fourth-order valence-corrected chi connectivity index (χ4v) is 5.94. The SMILES string of the molecule is O=S(=O)(c1ccc2c(c1)CCCC2)N1[C@H]2CC=C[C@H]1CC2. The van der Waals surface area contributed by atoms with Crippen molar-refractivity contribution in [3.8, 4) is 0 Å². The molecule has 0 N–H and O–H groups in total. The second-order valence-corrected chi connectivity index (χ2v) is 8.28. The maximum Gasteiger partial charge on any atom is 0.243 e. The Bertz CT molecular complexity index is 693. The van der Waals surface area contributed by atoms with Crippen molar-refractivity contribution in [1.29, 1.82) is 0 Å². The normalized spacial score (nSPS) is 28.6. The molecule has 0 aromatic heterocycles. The van der Waals surface area contributed by atoms with Gasteiger partial charge < -0.3 is 0 Å². The van der Waals surface area contributed by atoms with Crippen molar-refractivity contribution >= 4 is 10.0 Å². The smallest absolute Gasteiger partial charge is 0.207 e. The van der Waals surface area contributed by atoms with Gasteiger partial charge in [0.15, 0.2) is 0 Å². The third-order valence-electron chi connectivity index (χ3n) is 5.14. The summed E-state index contributed by atoms with van der Waals surface area (Å²) < 4.78 is 27.8. The van der Waals surface area contributed by atoms with E-state index in [0.717, 1.165) is 32.1 Å². The van der Waals surface area contributed by atoms with E-state index in [1.807, 2.05) is 18.2 Å². The Morgan fingerprint density at radius 2 is 1.86 bits per heavy atom. The van der Waals surface area contributed by atoms with E-state index in [9.17, 15) is 8.42 Å². The number of aryl methyl sites for hydroxylation is 2. The zero-order valence-corrected chi connectivity index (χ0v) is 13.0. The predicted molar refractivity (Wildman–Crippen MR) is 82.7 cm³/mol. The van der Waals surface area contributed by atoms with E-state index in [-0.39, 0.29) is 12.1 Å². The van der Waals surface area contributed by atoms with Crippen molar-refractivity contribution < 1.29 is 8.42 Å². The summed E-state index contributed by atoms with van der Waals surface area (Å²) in [6.07, 6.45) is 11.5. The molecule has 0 unspecified atom stereocenters. The number of nitrogens with zero attached hydrogens (tertiary/aromatic N) is 1. The van der Waals surface area contributed by atoms with Gasteiger partial charge in [0, 0.05) is 12.1 Å². The number of sulfonamides is 1. The van der Waals surface area contributed by atoms with Crippen LogP contribution in [-0.4, -0.2) is 24.8 Å². The summed E-state index contributed by atoms with van der Waals surface area (Å²) in [7, 11) is -3.35. The van der Waals surface area contributed by atoms with Crippen LogP contribution in [-0.2, 0) is 22.9 Å². The highest BCUT2D eigenvalue weighted by Gasteiger charge is 2.42. The van der Waals surface area contributed by atoms with Crippen LogP contribution in [0.25, 0.3) is 0 Å². The van der Waals surface area contributed by atoms with Crippen LogP contribution in [0.1, 0.15) is 43.2 Å². The summed E-state index contributed by atoms with van der Waals surface area (Å²) in [4.78, 5) is 0.496. The third-order valence-corrected chi connectivity index (χ3v) is 7.12. The van der Waals surface area contributed by atoms with Crippen molar-refractivity contribution in [3.63, 3.8) is 0 Å². The minimum Gasteiger partial charge on any atom is -0.207 e. The van der Waals surface area contributed by atoms with Gasteiger partial charge in [-0.2, -0.15) is 4.31 Å². The number of hydrogen-bond acceptors (Lipinski definition) is 2. The van der Waals surface area contributed by atoms with Crippen LogP contribution in [0.5, 0.6) is 0 Å². The minimum absolute atomic E-state index is 0.0739. The van der Waals surface area contributed by atoms with E-state index in [0.29, 0.717) is 4.90 Å². The molecule has 1 saturated heterocycles. The Balaban J connectivity index is 1.73. The fourth-order valence-electron chi connectivity index (χ4n) is 4.05. The summed E-state index contributed by atoms with van der Waals surface area (Å²) in [5, 5.41) is 0. The zero-order chi connectivity index (χ0) is 14.4. The van der Waals surface area contributed by atoms with E-state index in [1.165, 1.54) is 24.0 Å². The minimum atomic E-state index is -3.35. The standard InChI is InChI=1S/C17H21NO2S/c19-21(20,18-15-6-3-7-16(18)10-9-15)17-11-8-13-4-1-2-5-14(13)12-17/h3,6,8,11-12,15-16H,1-2,4-5,7,9-10H2/t15-,16-/m0/s1. The van der Waals surface area contributed by atoms with Crippen LogP contribution < -0.4 is 0 Å². The first kappa shape index (κ1) is 13.5. The molecule has 0 amide bonds. The fraction of sp³-hybridized carbons (Fsp3) is 0.529. The molecule has 112 valence electrons. The average molecular weight is 303 g/mol. The van der Waals surface area contributed by atoms with Crippen LogP contribution in [0.3, 0.4) is 0 Å². The molecular weight excluding hydrogens is 282 g/mol. The lowest BCUT2D eigenvalue weighted by Crippen LogP contribution is -2.42. The second-order valence-electron chi connectivity index (χ2n) is 6.43. The second kappa shape index (κ2) is 4.96. The van der Waals surface area contributed by atoms with Gasteiger partial charge in [0.2, 0.25) is 10.0 Å². The summed E-state index contributed by atoms with van der Waals surface area (Å²) in [6.45, 7) is 0. The lowest BCUT2D eigenvalue weighted by atomic mass is 9.92. The number of benzene rings is 1. The molecule has 1 fully saturated rings. The largest absolute Gasteiger partial charge is 0.243 e. The van der Waals surface area contributed by atoms with Gasteiger partial charge in [-0.05, 0) is 68.2 Å². The Hall–Kier alpha value is -1.13. The molecular formula is C17H21NO2S. The van der Waals surface area contributed by atoms with Crippen LogP contribution >= 0.6 is 0 Å². The number of hydrogen-bond donors (Lipinski definition) is 0. The monoisotopic (exact) mass is 303 g/mol. The Kier molecular flexibility index (Phi) is 3.19. The predicted octanol–water partition coefficient (Wildman–Crippen LogP) is 3.05. The summed E-state index contributed by atoms with van der Waals surface area (Å²) in [5.41, 5.74) is 2.57. The van der Waals surface area contributed by atoms with E-state index in [4.69, 9.17) is 0 Å². The molecule has 3 aliphatic rings. The quantitative estimate of drug-likeness (QED) is 0.788. The molecule has 0 spiro atoms. The molecule has 0 radical (unpaired) electrons. The number of fused-ring (bicyclic) bond motifs is 3. The average Bonchev–Trinajstić information content (AvgIpc) is 2.78. The molecule has 2 aliphatic heterocycles. The zero-order valence-electron chi connectivity index (χ0n) is 12.2.